The van der Waals surface area contributed by atoms with Gasteiger partial charge in [0.2, 0.25) is 5.91 Å². The largest absolute Gasteiger partial charge is 0.399 e. The van der Waals surface area contributed by atoms with Crippen LogP contribution in [-0.4, -0.2) is 39.0 Å². The normalized spacial score (nSPS) is 10.3. The Morgan fingerprint density at radius 2 is 1.90 bits per heavy atom. The van der Waals surface area contributed by atoms with Crippen molar-refractivity contribution < 1.29 is 9.59 Å². The zero-order valence-corrected chi connectivity index (χ0v) is 13.1. The highest BCUT2D eigenvalue weighted by molar-refractivity contribution is 6.02. The molecule has 6 nitrogen and oxygen atoms in total. The van der Waals surface area contributed by atoms with E-state index >= 15 is 0 Å². The molecule has 0 bridgehead atoms. The monoisotopic (exact) mass is 292 g/mol. The Bertz CT molecular complexity index is 512. The summed E-state index contributed by atoms with van der Waals surface area (Å²) in [6, 6.07) is 5.13. The quantitative estimate of drug-likeness (QED) is 0.678. The summed E-state index contributed by atoms with van der Waals surface area (Å²) in [4.78, 5) is 25.6. The van der Waals surface area contributed by atoms with Gasteiger partial charge in [-0.3, -0.25) is 9.59 Å². The molecular formula is C15H24N4O2. The molecule has 6 heteroatoms. The number of carbonyl (C=O) groups excluding carboxylic acids is 2. The van der Waals surface area contributed by atoms with Gasteiger partial charge in [0.05, 0.1) is 12.1 Å². The molecule has 2 amide bonds. The van der Waals surface area contributed by atoms with E-state index in [-0.39, 0.29) is 18.4 Å². The van der Waals surface area contributed by atoms with Crippen molar-refractivity contribution in [3.05, 3.63) is 23.8 Å². The van der Waals surface area contributed by atoms with Crippen LogP contribution in [0, 0.1) is 5.92 Å². The number of rotatable bonds is 6. The second-order valence-corrected chi connectivity index (χ2v) is 5.55. The van der Waals surface area contributed by atoms with Crippen molar-refractivity contribution in [2.45, 2.75) is 13.8 Å². The van der Waals surface area contributed by atoms with E-state index in [0.717, 1.165) is 5.69 Å². The summed E-state index contributed by atoms with van der Waals surface area (Å²) in [6.07, 6.45) is 0. The third-order valence-corrected chi connectivity index (χ3v) is 2.86. The predicted octanol–water partition coefficient (Wildman–Crippen LogP) is 0.837. The molecule has 0 radical (unpaired) electrons. The topological polar surface area (TPSA) is 87.5 Å². The van der Waals surface area contributed by atoms with Gasteiger partial charge in [-0.2, -0.15) is 0 Å². The van der Waals surface area contributed by atoms with E-state index < -0.39 is 0 Å². The molecule has 0 spiro atoms. The molecule has 0 aromatic heterocycles. The second-order valence-electron chi connectivity index (χ2n) is 5.55. The van der Waals surface area contributed by atoms with E-state index in [0.29, 0.717) is 23.7 Å². The smallest absolute Gasteiger partial charge is 0.253 e. The maximum absolute atomic E-state index is 12.2. The van der Waals surface area contributed by atoms with E-state index in [1.165, 1.54) is 0 Å². The summed E-state index contributed by atoms with van der Waals surface area (Å²) in [5.41, 5.74) is 7.44. The highest BCUT2D eigenvalue weighted by atomic mass is 16.2. The highest BCUT2D eigenvalue weighted by Crippen LogP contribution is 2.21. The van der Waals surface area contributed by atoms with Crippen molar-refractivity contribution in [1.29, 1.82) is 0 Å². The Kier molecular flexibility index (Phi) is 6.02. The molecule has 1 aromatic rings. The zero-order valence-electron chi connectivity index (χ0n) is 13.1. The fraction of sp³-hybridized carbons (Fsp3) is 0.467. The van der Waals surface area contributed by atoms with Crippen LogP contribution < -0.4 is 21.3 Å². The molecule has 0 saturated heterocycles. The summed E-state index contributed by atoms with van der Waals surface area (Å²) in [6.45, 7) is 4.56. The average Bonchev–Trinajstić information content (AvgIpc) is 2.41. The molecule has 0 fully saturated rings. The van der Waals surface area contributed by atoms with Gasteiger partial charge >= 0.3 is 0 Å². The molecule has 0 aliphatic heterocycles. The minimum Gasteiger partial charge on any atom is -0.399 e. The Hall–Kier alpha value is -2.24. The van der Waals surface area contributed by atoms with Crippen LogP contribution in [-0.2, 0) is 4.79 Å². The van der Waals surface area contributed by atoms with Crippen LogP contribution in [0.5, 0.6) is 0 Å². The third-order valence-electron chi connectivity index (χ3n) is 2.86. The summed E-state index contributed by atoms with van der Waals surface area (Å²) in [7, 11) is 3.69. The fourth-order valence-corrected chi connectivity index (χ4v) is 1.76. The van der Waals surface area contributed by atoms with Crippen LogP contribution in [0.3, 0.4) is 0 Å². The molecule has 0 saturated carbocycles. The van der Waals surface area contributed by atoms with Crippen molar-refractivity contribution >= 4 is 23.2 Å². The first-order chi connectivity index (χ1) is 9.81. The first-order valence-electron chi connectivity index (χ1n) is 6.93. The second kappa shape index (κ2) is 7.52. The molecule has 1 aromatic carbocycles. The summed E-state index contributed by atoms with van der Waals surface area (Å²) in [5.74, 6) is -0.142. The Morgan fingerprint density at radius 3 is 2.48 bits per heavy atom. The summed E-state index contributed by atoms with van der Waals surface area (Å²) in [5, 5.41) is 5.36. The number of amides is 2. The maximum atomic E-state index is 12.2. The number of benzene rings is 1. The molecule has 0 aliphatic rings. The fourth-order valence-electron chi connectivity index (χ4n) is 1.76. The molecule has 116 valence electrons. The molecule has 0 heterocycles. The van der Waals surface area contributed by atoms with Gasteiger partial charge < -0.3 is 21.3 Å². The van der Waals surface area contributed by atoms with Gasteiger partial charge in [-0.05, 0) is 24.1 Å². The Morgan fingerprint density at radius 1 is 1.24 bits per heavy atom. The van der Waals surface area contributed by atoms with Gasteiger partial charge in [0, 0.05) is 32.0 Å². The third kappa shape index (κ3) is 5.33. The lowest BCUT2D eigenvalue weighted by Gasteiger charge is -2.17. The van der Waals surface area contributed by atoms with Gasteiger partial charge in [-0.25, -0.2) is 0 Å². The number of hydrogen-bond acceptors (Lipinski definition) is 4. The zero-order chi connectivity index (χ0) is 16.0. The van der Waals surface area contributed by atoms with Gasteiger partial charge in [-0.1, -0.05) is 13.8 Å². The molecule has 0 aliphatic carbocycles. The van der Waals surface area contributed by atoms with Crippen molar-refractivity contribution in [2.75, 3.05) is 37.8 Å². The molecule has 1 rings (SSSR count). The van der Waals surface area contributed by atoms with Crippen molar-refractivity contribution in [2.24, 2.45) is 5.92 Å². The minimum atomic E-state index is -0.314. The number of anilines is 2. The van der Waals surface area contributed by atoms with Crippen molar-refractivity contribution in [1.82, 2.24) is 10.6 Å². The maximum Gasteiger partial charge on any atom is 0.253 e. The number of nitrogens with one attached hydrogen (secondary N) is 2. The van der Waals surface area contributed by atoms with Gasteiger partial charge in [0.15, 0.2) is 0 Å². The molecule has 4 N–H and O–H groups in total. The van der Waals surface area contributed by atoms with E-state index in [4.69, 9.17) is 5.73 Å². The van der Waals surface area contributed by atoms with E-state index in [9.17, 15) is 9.59 Å². The van der Waals surface area contributed by atoms with Gasteiger partial charge in [0.1, 0.15) is 0 Å². The first kappa shape index (κ1) is 16.8. The minimum absolute atomic E-state index is 0.0484. The van der Waals surface area contributed by atoms with Crippen LogP contribution in [0.4, 0.5) is 11.4 Å². The SMILES string of the molecule is CC(C)CNC(=O)CNC(=O)c1cc(N)ccc1N(C)C. The molecule has 0 unspecified atom stereocenters. The van der Waals surface area contributed by atoms with Crippen LogP contribution in [0.25, 0.3) is 0 Å². The Balaban J connectivity index is 2.67. The Labute approximate surface area is 125 Å². The highest BCUT2D eigenvalue weighted by Gasteiger charge is 2.14. The van der Waals surface area contributed by atoms with Crippen LogP contribution >= 0.6 is 0 Å². The lowest BCUT2D eigenvalue weighted by molar-refractivity contribution is -0.120. The van der Waals surface area contributed by atoms with Crippen LogP contribution in [0.2, 0.25) is 0 Å². The summed E-state index contributed by atoms with van der Waals surface area (Å²) >= 11 is 0. The number of nitrogen functional groups attached to an aromatic ring is 1. The van der Waals surface area contributed by atoms with Crippen LogP contribution in [0.15, 0.2) is 18.2 Å². The van der Waals surface area contributed by atoms with Crippen molar-refractivity contribution in [3.8, 4) is 0 Å². The number of nitrogens with zero attached hydrogens (tertiary/aromatic N) is 1. The number of carbonyl (C=O) groups is 2. The standard InChI is InChI=1S/C15H24N4O2/c1-10(2)8-17-14(20)9-18-15(21)12-7-11(16)5-6-13(12)19(3)4/h5-7,10H,8-9,16H2,1-4H3,(H,17,20)(H,18,21). The lowest BCUT2D eigenvalue weighted by atomic mass is 10.1. The lowest BCUT2D eigenvalue weighted by Crippen LogP contribution is -2.38. The van der Waals surface area contributed by atoms with Crippen molar-refractivity contribution in [3.63, 3.8) is 0 Å². The van der Waals surface area contributed by atoms with E-state index in [1.54, 1.807) is 18.2 Å². The number of hydrogen-bond donors (Lipinski definition) is 3. The van der Waals surface area contributed by atoms with Gasteiger partial charge in [0.25, 0.3) is 5.91 Å². The van der Waals surface area contributed by atoms with Crippen LogP contribution in [0.1, 0.15) is 24.2 Å². The molecular weight excluding hydrogens is 268 g/mol. The van der Waals surface area contributed by atoms with E-state index in [1.807, 2.05) is 32.8 Å². The first-order valence-corrected chi connectivity index (χ1v) is 6.93. The van der Waals surface area contributed by atoms with E-state index in [2.05, 4.69) is 10.6 Å². The number of nitrogens with two attached hydrogens (primary N) is 1. The molecule has 0 atom stereocenters. The predicted molar refractivity (Wildman–Crippen MR) is 85.4 cm³/mol. The molecule has 21 heavy (non-hydrogen) atoms. The average molecular weight is 292 g/mol. The summed E-state index contributed by atoms with van der Waals surface area (Å²) < 4.78 is 0. The van der Waals surface area contributed by atoms with Gasteiger partial charge in [-0.15, -0.1) is 0 Å².